The summed E-state index contributed by atoms with van der Waals surface area (Å²) in [6.45, 7) is 0. The van der Waals surface area contributed by atoms with Crippen LogP contribution in [-0.4, -0.2) is 57.3 Å². The first kappa shape index (κ1) is 15.9. The van der Waals surface area contributed by atoms with E-state index in [4.69, 9.17) is 0 Å². The first-order valence-corrected chi connectivity index (χ1v) is 7.03. The van der Waals surface area contributed by atoms with Gasteiger partial charge in [-0.3, -0.25) is 10.1 Å². The molecule has 0 spiro atoms. The Morgan fingerprint density at radius 2 is 1.75 bits per heavy atom. The van der Waals surface area contributed by atoms with E-state index in [0.717, 1.165) is 6.07 Å². The molecule has 0 aromatic heterocycles. The van der Waals surface area contributed by atoms with Gasteiger partial charge in [0.15, 0.2) is 0 Å². The predicted molar refractivity (Wildman–Crippen MR) is 75.1 cm³/mol. The molecule has 0 aliphatic carbocycles. The highest BCUT2D eigenvalue weighted by Crippen LogP contribution is 2.19. The largest absolute Gasteiger partial charge is 0.348 e. The minimum absolute atomic E-state index is 0.215. The molecule has 0 unspecified atom stereocenters. The maximum Gasteiger partial charge on any atom is 0.285 e. The molecular weight excluding hydrogens is 284 g/mol. The maximum absolute atomic E-state index is 12.2. The number of benzene rings is 1. The number of guanidine groups is 1. The molecule has 110 valence electrons. The standard InChI is InChI=1S/C11H16N4O4S/c1-13(2)11(14(3)4)12-20(18,19)10-7-5-6-9(8-10)15(16)17/h5-8H,1-4H3. The Labute approximate surface area is 117 Å². The Kier molecular flexibility index (Phi) is 4.66. The highest BCUT2D eigenvalue weighted by Gasteiger charge is 2.19. The summed E-state index contributed by atoms with van der Waals surface area (Å²) in [5, 5.41) is 10.7. The summed E-state index contributed by atoms with van der Waals surface area (Å²) in [5.41, 5.74) is -0.294. The van der Waals surface area contributed by atoms with E-state index in [0.29, 0.717) is 0 Å². The van der Waals surface area contributed by atoms with Gasteiger partial charge in [-0.15, -0.1) is 4.40 Å². The average molecular weight is 300 g/mol. The SMILES string of the molecule is CN(C)C(=NS(=O)(=O)c1cccc([N+](=O)[O-])c1)N(C)C. The number of rotatable bonds is 3. The first-order chi connectivity index (χ1) is 9.15. The summed E-state index contributed by atoms with van der Waals surface area (Å²) >= 11 is 0. The molecule has 0 atom stereocenters. The molecule has 0 aliphatic heterocycles. The van der Waals surface area contributed by atoms with Crippen LogP contribution in [0.2, 0.25) is 0 Å². The van der Waals surface area contributed by atoms with Gasteiger partial charge in [0.2, 0.25) is 5.96 Å². The smallest absolute Gasteiger partial charge is 0.285 e. The van der Waals surface area contributed by atoms with Gasteiger partial charge in [0.25, 0.3) is 15.7 Å². The molecule has 1 rings (SSSR count). The highest BCUT2D eigenvalue weighted by atomic mass is 32.2. The Morgan fingerprint density at radius 3 is 2.20 bits per heavy atom. The van der Waals surface area contributed by atoms with Crippen molar-refractivity contribution in [1.82, 2.24) is 9.80 Å². The van der Waals surface area contributed by atoms with Gasteiger partial charge in [-0.25, -0.2) is 0 Å². The molecule has 9 heteroatoms. The van der Waals surface area contributed by atoms with Crippen LogP contribution in [0.25, 0.3) is 0 Å². The number of hydrogen-bond donors (Lipinski definition) is 0. The van der Waals surface area contributed by atoms with Gasteiger partial charge < -0.3 is 9.80 Å². The van der Waals surface area contributed by atoms with Crippen molar-refractivity contribution in [1.29, 1.82) is 0 Å². The number of nitro groups is 1. The lowest BCUT2D eigenvalue weighted by Gasteiger charge is -2.22. The molecule has 0 heterocycles. The van der Waals surface area contributed by atoms with Crippen molar-refractivity contribution in [3.63, 3.8) is 0 Å². The minimum atomic E-state index is -4.01. The number of nitrogens with zero attached hydrogens (tertiary/aromatic N) is 4. The van der Waals surface area contributed by atoms with Gasteiger partial charge in [0, 0.05) is 40.3 Å². The third-order valence-electron chi connectivity index (χ3n) is 2.33. The molecule has 1 aromatic rings. The monoisotopic (exact) mass is 300 g/mol. The van der Waals surface area contributed by atoms with Gasteiger partial charge in [-0.05, 0) is 6.07 Å². The lowest BCUT2D eigenvalue weighted by Crippen LogP contribution is -2.36. The van der Waals surface area contributed by atoms with E-state index in [2.05, 4.69) is 4.40 Å². The van der Waals surface area contributed by atoms with Crippen molar-refractivity contribution < 1.29 is 13.3 Å². The van der Waals surface area contributed by atoms with Crippen molar-refractivity contribution >= 4 is 21.7 Å². The lowest BCUT2D eigenvalue weighted by molar-refractivity contribution is -0.385. The van der Waals surface area contributed by atoms with Crippen molar-refractivity contribution in [2.75, 3.05) is 28.2 Å². The van der Waals surface area contributed by atoms with Crippen molar-refractivity contribution in [3.05, 3.63) is 34.4 Å². The van der Waals surface area contributed by atoms with Crippen LogP contribution >= 0.6 is 0 Å². The van der Waals surface area contributed by atoms with E-state index < -0.39 is 14.9 Å². The zero-order chi connectivity index (χ0) is 15.5. The molecule has 8 nitrogen and oxygen atoms in total. The molecule has 0 fully saturated rings. The summed E-state index contributed by atoms with van der Waals surface area (Å²) in [4.78, 5) is 12.9. The molecule has 0 N–H and O–H groups in total. The molecule has 0 saturated heterocycles. The molecule has 0 radical (unpaired) electrons. The average Bonchev–Trinajstić information content (AvgIpc) is 2.35. The van der Waals surface area contributed by atoms with Crippen LogP contribution in [-0.2, 0) is 10.0 Å². The third kappa shape index (κ3) is 3.67. The second-order valence-corrected chi connectivity index (χ2v) is 6.01. The van der Waals surface area contributed by atoms with Crippen LogP contribution in [0.3, 0.4) is 0 Å². The number of nitro benzene ring substituents is 1. The Hall–Kier alpha value is -2.16. The van der Waals surface area contributed by atoms with Gasteiger partial charge in [0.05, 0.1) is 9.82 Å². The van der Waals surface area contributed by atoms with E-state index in [-0.39, 0.29) is 16.5 Å². The third-order valence-corrected chi connectivity index (χ3v) is 3.58. The second kappa shape index (κ2) is 5.87. The molecule has 20 heavy (non-hydrogen) atoms. The highest BCUT2D eigenvalue weighted by molar-refractivity contribution is 7.90. The van der Waals surface area contributed by atoms with Gasteiger partial charge in [-0.2, -0.15) is 8.42 Å². The normalized spacial score (nSPS) is 10.8. The van der Waals surface area contributed by atoms with Crippen molar-refractivity contribution in [2.24, 2.45) is 4.40 Å². The molecular formula is C11H16N4O4S. The Balaban J connectivity index is 3.33. The summed E-state index contributed by atoms with van der Waals surface area (Å²) in [6.07, 6.45) is 0. The van der Waals surface area contributed by atoms with E-state index in [1.165, 1.54) is 28.0 Å². The van der Waals surface area contributed by atoms with Crippen LogP contribution in [0.5, 0.6) is 0 Å². The van der Waals surface area contributed by atoms with Crippen molar-refractivity contribution in [3.8, 4) is 0 Å². The molecule has 1 aromatic carbocycles. The number of non-ortho nitro benzene ring substituents is 1. The van der Waals surface area contributed by atoms with Crippen LogP contribution in [0.15, 0.2) is 33.6 Å². The first-order valence-electron chi connectivity index (χ1n) is 5.59. The van der Waals surface area contributed by atoms with Crippen LogP contribution in [0, 0.1) is 10.1 Å². The van der Waals surface area contributed by atoms with E-state index in [1.54, 1.807) is 28.2 Å². The molecule has 0 aliphatic rings. The fraction of sp³-hybridized carbons (Fsp3) is 0.364. The van der Waals surface area contributed by atoms with E-state index in [9.17, 15) is 18.5 Å². The lowest BCUT2D eigenvalue weighted by atomic mass is 10.3. The van der Waals surface area contributed by atoms with Gasteiger partial charge >= 0.3 is 0 Å². The fourth-order valence-corrected chi connectivity index (χ4v) is 2.65. The molecule has 0 saturated carbocycles. The molecule has 0 bridgehead atoms. The fourth-order valence-electron chi connectivity index (χ4n) is 1.48. The maximum atomic E-state index is 12.2. The van der Waals surface area contributed by atoms with E-state index >= 15 is 0 Å². The predicted octanol–water partition coefficient (Wildman–Crippen LogP) is 0.763. The summed E-state index contributed by atoms with van der Waals surface area (Å²) in [6, 6.07) is 4.80. The topological polar surface area (TPSA) is 96.1 Å². The summed E-state index contributed by atoms with van der Waals surface area (Å²) in [5.74, 6) is 0.219. The quantitative estimate of drug-likeness (QED) is 0.354. The van der Waals surface area contributed by atoms with Crippen LogP contribution < -0.4 is 0 Å². The number of sulfonamides is 1. The summed E-state index contributed by atoms with van der Waals surface area (Å²) in [7, 11) is 2.61. The zero-order valence-corrected chi connectivity index (χ0v) is 12.5. The van der Waals surface area contributed by atoms with Gasteiger partial charge in [-0.1, -0.05) is 6.07 Å². The van der Waals surface area contributed by atoms with Gasteiger partial charge in [0.1, 0.15) is 0 Å². The second-order valence-electron chi connectivity index (χ2n) is 4.41. The Morgan fingerprint density at radius 1 is 1.20 bits per heavy atom. The Bertz CT molecular complexity index is 628. The zero-order valence-electron chi connectivity index (χ0n) is 11.6. The number of hydrogen-bond acceptors (Lipinski definition) is 4. The minimum Gasteiger partial charge on any atom is -0.348 e. The summed E-state index contributed by atoms with van der Waals surface area (Å²) < 4.78 is 28.0. The van der Waals surface area contributed by atoms with E-state index in [1.807, 2.05) is 0 Å². The molecule has 0 amide bonds. The van der Waals surface area contributed by atoms with Crippen LogP contribution in [0.4, 0.5) is 5.69 Å². The van der Waals surface area contributed by atoms with Crippen molar-refractivity contribution in [2.45, 2.75) is 4.90 Å². The van der Waals surface area contributed by atoms with Crippen LogP contribution in [0.1, 0.15) is 0 Å².